The lowest BCUT2D eigenvalue weighted by atomic mass is 9.99. The number of hydrogen-bond donors (Lipinski definition) is 1. The lowest BCUT2D eigenvalue weighted by molar-refractivity contribution is 0.0514. The minimum atomic E-state index is -0.625. The van der Waals surface area contributed by atoms with Crippen LogP contribution in [0.4, 0.5) is 10.6 Å². The number of hydrogen-bond acceptors (Lipinski definition) is 7. The number of ether oxygens (including phenoxy) is 2. The Morgan fingerprint density at radius 1 is 1.28 bits per heavy atom. The van der Waals surface area contributed by atoms with E-state index < -0.39 is 12.1 Å². The maximum atomic E-state index is 11.9. The van der Waals surface area contributed by atoms with Crippen LogP contribution in [-0.4, -0.2) is 35.4 Å². The third-order valence-electron chi connectivity index (χ3n) is 2.92. The molecule has 1 amide bonds. The van der Waals surface area contributed by atoms with Crippen molar-refractivity contribution in [3.05, 3.63) is 30.1 Å². The quantitative estimate of drug-likeness (QED) is 0.825. The summed E-state index contributed by atoms with van der Waals surface area (Å²) in [6.45, 7) is 8.07. The molecule has 0 radical (unpaired) electrons. The van der Waals surface area contributed by atoms with Gasteiger partial charge in [-0.05, 0) is 24.5 Å². The Kier molecular flexibility index (Phi) is 5.74. The smallest absolute Gasteiger partial charge is 0.412 e. The molecule has 1 N–H and O–H groups in total. The van der Waals surface area contributed by atoms with Crippen molar-refractivity contribution in [2.45, 2.75) is 27.7 Å². The van der Waals surface area contributed by atoms with E-state index in [-0.39, 0.29) is 35.9 Å². The van der Waals surface area contributed by atoms with Crippen molar-refractivity contribution in [3.8, 4) is 11.3 Å². The highest BCUT2D eigenvalue weighted by atomic mass is 16.6. The van der Waals surface area contributed by atoms with E-state index in [2.05, 4.69) is 15.5 Å². The zero-order chi connectivity index (χ0) is 18.4. The predicted molar refractivity (Wildman–Crippen MR) is 90.1 cm³/mol. The highest BCUT2D eigenvalue weighted by Gasteiger charge is 2.19. The summed E-state index contributed by atoms with van der Waals surface area (Å²) in [5.41, 5.74) is 0.365. The summed E-state index contributed by atoms with van der Waals surface area (Å²) in [4.78, 5) is 27.7. The Hall–Kier alpha value is -2.90. The van der Waals surface area contributed by atoms with Crippen LogP contribution in [0.25, 0.3) is 11.3 Å². The first-order valence-corrected chi connectivity index (χ1v) is 7.83. The van der Waals surface area contributed by atoms with Gasteiger partial charge in [-0.2, -0.15) is 0 Å². The van der Waals surface area contributed by atoms with Gasteiger partial charge < -0.3 is 14.0 Å². The summed E-state index contributed by atoms with van der Waals surface area (Å²) in [7, 11) is 0. The third kappa shape index (κ3) is 5.30. The van der Waals surface area contributed by atoms with Crippen molar-refractivity contribution in [3.63, 3.8) is 0 Å². The molecule has 2 heterocycles. The second-order valence-corrected chi connectivity index (χ2v) is 6.46. The molecule has 2 aromatic rings. The first kappa shape index (κ1) is 18.4. The van der Waals surface area contributed by atoms with E-state index in [9.17, 15) is 9.59 Å². The van der Waals surface area contributed by atoms with Crippen LogP contribution in [0.2, 0.25) is 0 Å². The number of esters is 1. The van der Waals surface area contributed by atoms with Gasteiger partial charge in [0.25, 0.3) is 0 Å². The Morgan fingerprint density at radius 3 is 2.72 bits per heavy atom. The SMILES string of the molecule is CCOC(=O)c1cc(-c2cccnc2NC(=O)OCC(C)(C)C)on1. The molecule has 0 spiro atoms. The molecule has 0 saturated carbocycles. The van der Waals surface area contributed by atoms with Crippen molar-refractivity contribution in [1.29, 1.82) is 0 Å². The summed E-state index contributed by atoms with van der Waals surface area (Å²) in [5, 5.41) is 6.25. The molecule has 0 atom stereocenters. The van der Waals surface area contributed by atoms with Gasteiger partial charge in [0.15, 0.2) is 11.5 Å². The second kappa shape index (κ2) is 7.78. The normalized spacial score (nSPS) is 11.0. The summed E-state index contributed by atoms with van der Waals surface area (Å²) in [6.07, 6.45) is 0.894. The summed E-state index contributed by atoms with van der Waals surface area (Å²) >= 11 is 0. The average Bonchev–Trinajstić information content (AvgIpc) is 3.03. The Bertz CT molecular complexity index is 749. The van der Waals surface area contributed by atoms with Crippen LogP contribution in [0.5, 0.6) is 0 Å². The maximum Gasteiger partial charge on any atom is 0.412 e. The van der Waals surface area contributed by atoms with Crippen LogP contribution in [0.3, 0.4) is 0 Å². The van der Waals surface area contributed by atoms with Gasteiger partial charge in [-0.3, -0.25) is 5.32 Å². The molecule has 0 aliphatic carbocycles. The average molecular weight is 347 g/mol. The lowest BCUT2D eigenvalue weighted by Crippen LogP contribution is -2.22. The fourth-order valence-corrected chi connectivity index (χ4v) is 1.82. The number of pyridine rings is 1. The van der Waals surface area contributed by atoms with Crippen molar-refractivity contribution in [1.82, 2.24) is 10.1 Å². The molecule has 0 fully saturated rings. The number of aromatic nitrogens is 2. The summed E-state index contributed by atoms with van der Waals surface area (Å²) in [5.74, 6) is -0.0595. The van der Waals surface area contributed by atoms with Crippen LogP contribution in [0.1, 0.15) is 38.2 Å². The fraction of sp³-hybridized carbons (Fsp3) is 0.412. The molecule has 0 bridgehead atoms. The molecule has 8 heteroatoms. The standard InChI is InChI=1S/C17H21N3O5/c1-5-23-15(21)12-9-13(25-20-12)11-7-6-8-18-14(11)19-16(22)24-10-17(2,3)4/h6-9H,5,10H2,1-4H3,(H,18,19,22). The van der Waals surface area contributed by atoms with Gasteiger partial charge in [0.1, 0.15) is 5.82 Å². The topological polar surface area (TPSA) is 104 Å². The van der Waals surface area contributed by atoms with Gasteiger partial charge in [-0.15, -0.1) is 0 Å². The van der Waals surface area contributed by atoms with Gasteiger partial charge in [0.05, 0.1) is 18.8 Å². The maximum absolute atomic E-state index is 11.9. The number of amides is 1. The largest absolute Gasteiger partial charge is 0.461 e. The number of rotatable bonds is 5. The molecule has 2 aromatic heterocycles. The van der Waals surface area contributed by atoms with Gasteiger partial charge in [0.2, 0.25) is 0 Å². The van der Waals surface area contributed by atoms with Gasteiger partial charge in [-0.1, -0.05) is 25.9 Å². The third-order valence-corrected chi connectivity index (χ3v) is 2.92. The number of anilines is 1. The van der Waals surface area contributed by atoms with E-state index >= 15 is 0 Å². The first-order valence-electron chi connectivity index (χ1n) is 7.83. The molecular weight excluding hydrogens is 326 g/mol. The van der Waals surface area contributed by atoms with Gasteiger partial charge in [0, 0.05) is 12.3 Å². The van der Waals surface area contributed by atoms with E-state index in [0.29, 0.717) is 5.56 Å². The van der Waals surface area contributed by atoms with Crippen molar-refractivity contribution in [2.24, 2.45) is 5.41 Å². The minimum absolute atomic E-state index is 0.0435. The van der Waals surface area contributed by atoms with Crippen LogP contribution in [0.15, 0.2) is 28.9 Å². The second-order valence-electron chi connectivity index (χ2n) is 6.46. The fourth-order valence-electron chi connectivity index (χ4n) is 1.82. The lowest BCUT2D eigenvalue weighted by Gasteiger charge is -2.18. The first-order chi connectivity index (χ1) is 11.8. The Morgan fingerprint density at radius 2 is 2.04 bits per heavy atom. The highest BCUT2D eigenvalue weighted by Crippen LogP contribution is 2.27. The molecule has 0 aromatic carbocycles. The number of carbonyl (C=O) groups is 2. The number of carbonyl (C=O) groups excluding carboxylic acids is 2. The Balaban J connectivity index is 2.15. The highest BCUT2D eigenvalue weighted by molar-refractivity contribution is 5.91. The molecule has 2 rings (SSSR count). The van der Waals surface area contributed by atoms with E-state index in [1.54, 1.807) is 19.1 Å². The molecule has 0 aliphatic rings. The number of nitrogens with zero attached hydrogens (tertiary/aromatic N) is 2. The molecule has 8 nitrogen and oxygen atoms in total. The van der Waals surface area contributed by atoms with Crippen LogP contribution in [-0.2, 0) is 9.47 Å². The molecule has 0 saturated heterocycles. The summed E-state index contributed by atoms with van der Waals surface area (Å²) in [6, 6.07) is 4.79. The zero-order valence-electron chi connectivity index (χ0n) is 14.7. The molecule has 134 valence electrons. The van der Waals surface area contributed by atoms with Crippen molar-refractivity contribution < 1.29 is 23.6 Å². The van der Waals surface area contributed by atoms with Gasteiger partial charge in [-0.25, -0.2) is 14.6 Å². The van der Waals surface area contributed by atoms with E-state index in [4.69, 9.17) is 14.0 Å². The minimum Gasteiger partial charge on any atom is -0.461 e. The van der Waals surface area contributed by atoms with Crippen LogP contribution in [0, 0.1) is 5.41 Å². The monoisotopic (exact) mass is 347 g/mol. The van der Waals surface area contributed by atoms with E-state index in [0.717, 1.165) is 0 Å². The predicted octanol–water partition coefficient (Wildman–Crippen LogP) is 3.51. The van der Waals surface area contributed by atoms with Crippen LogP contribution < -0.4 is 5.32 Å². The van der Waals surface area contributed by atoms with E-state index in [1.165, 1.54) is 12.3 Å². The molecule has 0 unspecified atom stereocenters. The van der Waals surface area contributed by atoms with E-state index in [1.807, 2.05) is 20.8 Å². The molecular formula is C17H21N3O5. The Labute approximate surface area is 145 Å². The zero-order valence-corrected chi connectivity index (χ0v) is 14.7. The molecule has 0 aliphatic heterocycles. The summed E-state index contributed by atoms with van der Waals surface area (Å²) < 4.78 is 15.2. The van der Waals surface area contributed by atoms with Gasteiger partial charge >= 0.3 is 12.1 Å². The van der Waals surface area contributed by atoms with Crippen molar-refractivity contribution in [2.75, 3.05) is 18.5 Å². The molecule has 25 heavy (non-hydrogen) atoms. The number of nitrogens with one attached hydrogen (secondary N) is 1. The van der Waals surface area contributed by atoms with Crippen LogP contribution >= 0.6 is 0 Å². The van der Waals surface area contributed by atoms with Crippen molar-refractivity contribution >= 4 is 17.9 Å².